The first-order valence-electron chi connectivity index (χ1n) is 28.1. The molecule has 2 aliphatic rings. The number of imide groups is 2. The van der Waals surface area contributed by atoms with Gasteiger partial charge >= 0.3 is 0 Å². The molecular weight excluding hydrogens is 991 g/mol. The molecule has 0 aliphatic carbocycles. The number of nitrogens with zero attached hydrogens (tertiary/aromatic N) is 1. The number of fused-ring (bicyclic) bond motifs is 1. The highest BCUT2D eigenvalue weighted by atomic mass is 16.6. The van der Waals surface area contributed by atoms with Gasteiger partial charge in [-0.2, -0.15) is 0 Å². The van der Waals surface area contributed by atoms with Crippen LogP contribution in [0.15, 0.2) is 18.2 Å². The molecule has 0 radical (unpaired) electrons. The van der Waals surface area contributed by atoms with Crippen molar-refractivity contribution in [2.75, 3.05) is 177 Å². The van der Waals surface area contributed by atoms with E-state index in [1.54, 1.807) is 12.1 Å². The van der Waals surface area contributed by atoms with E-state index in [1.807, 2.05) is 0 Å². The third-order valence-electron chi connectivity index (χ3n) is 12.0. The molecular formula is C55H93N3O18. The number of hydrogen-bond acceptors (Lipinski definition) is 18. The molecule has 0 bridgehead atoms. The fourth-order valence-corrected chi connectivity index (χ4v) is 7.93. The maximum Gasteiger partial charge on any atom is 0.264 e. The summed E-state index contributed by atoms with van der Waals surface area (Å²) in [6.45, 7) is 15.5. The Bertz CT molecular complexity index is 1660. The number of amides is 5. The predicted octanol–water partition coefficient (Wildman–Crippen LogP) is 5.72. The fraction of sp³-hybridized carbons (Fsp3) is 0.800. The van der Waals surface area contributed by atoms with Gasteiger partial charge in [-0.25, -0.2) is 0 Å². The van der Waals surface area contributed by atoms with Crippen molar-refractivity contribution >= 4 is 35.2 Å². The lowest BCUT2D eigenvalue weighted by molar-refractivity contribution is -0.136. The SMILES string of the molecule is CCCCCCCCCCCCOCCOCCOCCOCCOCCOCCOCCOCCOCCOCCOCCOCCOCCCCCC(=O)Nc1cccc2c1C(=O)N(C1CCC(=O)NC1=O)C2=O. The van der Waals surface area contributed by atoms with Gasteiger partial charge in [0.1, 0.15) is 6.04 Å². The van der Waals surface area contributed by atoms with Gasteiger partial charge in [0.2, 0.25) is 17.7 Å². The Morgan fingerprint density at radius 1 is 0.461 bits per heavy atom. The van der Waals surface area contributed by atoms with Crippen LogP contribution < -0.4 is 10.6 Å². The Hall–Kier alpha value is -3.55. The van der Waals surface area contributed by atoms with Gasteiger partial charge < -0.3 is 66.9 Å². The van der Waals surface area contributed by atoms with Gasteiger partial charge in [0, 0.05) is 26.1 Å². The number of benzene rings is 1. The van der Waals surface area contributed by atoms with Crippen LogP contribution >= 0.6 is 0 Å². The van der Waals surface area contributed by atoms with Crippen LogP contribution in [0.5, 0.6) is 0 Å². The second-order valence-electron chi connectivity index (χ2n) is 18.2. The van der Waals surface area contributed by atoms with Crippen LogP contribution in [0.2, 0.25) is 0 Å². The van der Waals surface area contributed by atoms with Crippen molar-refractivity contribution in [3.63, 3.8) is 0 Å². The average molecular weight is 1080 g/mol. The highest BCUT2D eigenvalue weighted by molar-refractivity contribution is 6.26. The number of hydrogen-bond donors (Lipinski definition) is 2. The molecule has 2 N–H and O–H groups in total. The summed E-state index contributed by atoms with van der Waals surface area (Å²) in [6.07, 6.45) is 15.7. The van der Waals surface area contributed by atoms with Crippen molar-refractivity contribution in [2.24, 2.45) is 0 Å². The minimum absolute atomic E-state index is 0.0263. The topological polar surface area (TPSA) is 233 Å². The van der Waals surface area contributed by atoms with Gasteiger partial charge in [-0.15, -0.1) is 0 Å². The van der Waals surface area contributed by atoms with E-state index in [2.05, 4.69) is 17.6 Å². The van der Waals surface area contributed by atoms with Gasteiger partial charge in [-0.3, -0.25) is 34.2 Å². The van der Waals surface area contributed by atoms with Gasteiger partial charge in [0.25, 0.3) is 11.8 Å². The molecule has 2 aliphatic heterocycles. The number of ether oxygens (including phenoxy) is 13. The molecule has 0 aromatic heterocycles. The number of carbonyl (C=O) groups excluding carboxylic acids is 5. The number of unbranched alkanes of at least 4 members (excludes halogenated alkanes) is 11. The fourth-order valence-electron chi connectivity index (χ4n) is 7.93. The molecule has 21 heteroatoms. The Labute approximate surface area is 451 Å². The van der Waals surface area contributed by atoms with E-state index in [1.165, 1.54) is 63.9 Å². The molecule has 0 saturated carbocycles. The van der Waals surface area contributed by atoms with Crippen LogP contribution in [0.4, 0.5) is 5.69 Å². The van der Waals surface area contributed by atoms with E-state index in [0.29, 0.717) is 172 Å². The van der Waals surface area contributed by atoms with Crippen molar-refractivity contribution in [1.82, 2.24) is 10.2 Å². The van der Waals surface area contributed by atoms with Crippen LogP contribution in [-0.2, 0) is 76.0 Å². The second kappa shape index (κ2) is 47.4. The molecule has 76 heavy (non-hydrogen) atoms. The molecule has 0 spiro atoms. The second-order valence-corrected chi connectivity index (χ2v) is 18.2. The van der Waals surface area contributed by atoms with E-state index >= 15 is 0 Å². The van der Waals surface area contributed by atoms with E-state index in [-0.39, 0.29) is 42.0 Å². The maximum absolute atomic E-state index is 13.2. The summed E-state index contributed by atoms with van der Waals surface area (Å²) in [4.78, 5) is 63.7. The molecule has 1 unspecified atom stereocenters. The van der Waals surface area contributed by atoms with Crippen molar-refractivity contribution in [3.8, 4) is 0 Å². The van der Waals surface area contributed by atoms with Crippen molar-refractivity contribution in [1.29, 1.82) is 0 Å². The van der Waals surface area contributed by atoms with Crippen LogP contribution in [0.1, 0.15) is 130 Å². The van der Waals surface area contributed by atoms with Crippen molar-refractivity contribution in [3.05, 3.63) is 29.3 Å². The average Bonchev–Trinajstić information content (AvgIpc) is 3.70. The summed E-state index contributed by atoms with van der Waals surface area (Å²) in [5, 5.41) is 4.91. The van der Waals surface area contributed by atoms with Crippen LogP contribution in [0.3, 0.4) is 0 Å². The smallest absolute Gasteiger partial charge is 0.264 e. The number of nitrogens with one attached hydrogen (secondary N) is 2. The molecule has 1 fully saturated rings. The van der Waals surface area contributed by atoms with Gasteiger partial charge in [0.15, 0.2) is 0 Å². The molecule has 2 heterocycles. The molecule has 1 aromatic rings. The first kappa shape index (κ1) is 66.7. The molecule has 1 aromatic carbocycles. The minimum Gasteiger partial charge on any atom is -0.379 e. The molecule has 436 valence electrons. The summed E-state index contributed by atoms with van der Waals surface area (Å²) in [6, 6.07) is 3.53. The number of piperidine rings is 1. The third-order valence-corrected chi connectivity index (χ3v) is 12.0. The van der Waals surface area contributed by atoms with Crippen molar-refractivity contribution < 1.29 is 85.6 Å². The highest BCUT2D eigenvalue weighted by Crippen LogP contribution is 2.32. The third kappa shape index (κ3) is 33.0. The van der Waals surface area contributed by atoms with E-state index < -0.39 is 29.7 Å². The standard InChI is InChI=1S/C55H93N3O18/c1-2-3-4-5-6-7-8-9-10-13-21-64-23-25-66-27-29-68-31-33-70-35-37-72-39-41-74-43-45-76-46-44-75-42-40-73-38-36-71-34-32-69-30-28-67-26-24-65-22-14-11-12-18-50(59)56-48-17-15-16-47-52(48)55(63)58(54(47)62)49-19-20-51(60)57-53(49)61/h15-17,49H,2-14,18-46H2,1H3,(H,56,59)(H,57,60,61). The molecule has 21 nitrogen and oxygen atoms in total. The molecule has 5 amide bonds. The van der Waals surface area contributed by atoms with Gasteiger partial charge in [-0.1, -0.05) is 77.2 Å². The Morgan fingerprint density at radius 3 is 1.17 bits per heavy atom. The molecule has 1 saturated heterocycles. The number of anilines is 1. The number of rotatable bonds is 55. The Morgan fingerprint density at radius 2 is 0.803 bits per heavy atom. The predicted molar refractivity (Wildman–Crippen MR) is 283 cm³/mol. The normalized spacial score (nSPS) is 14.5. The van der Waals surface area contributed by atoms with Crippen LogP contribution in [0, 0.1) is 0 Å². The summed E-state index contributed by atoms with van der Waals surface area (Å²) in [5.41, 5.74) is 0.379. The zero-order valence-electron chi connectivity index (χ0n) is 45.8. The van der Waals surface area contributed by atoms with E-state index in [0.717, 1.165) is 30.8 Å². The Balaban J connectivity index is 0.923. The first-order valence-corrected chi connectivity index (χ1v) is 28.1. The Kier molecular flexibility index (Phi) is 41.7. The lowest BCUT2D eigenvalue weighted by Crippen LogP contribution is -2.54. The molecule has 1 atom stereocenters. The van der Waals surface area contributed by atoms with Gasteiger partial charge in [-0.05, 0) is 37.8 Å². The zero-order valence-corrected chi connectivity index (χ0v) is 45.8. The van der Waals surface area contributed by atoms with E-state index in [4.69, 9.17) is 61.6 Å². The minimum atomic E-state index is -1.08. The first-order chi connectivity index (χ1) is 37.4. The summed E-state index contributed by atoms with van der Waals surface area (Å²) < 4.78 is 72.1. The molecule has 3 rings (SSSR count). The van der Waals surface area contributed by atoms with Gasteiger partial charge in [0.05, 0.1) is 175 Å². The summed E-state index contributed by atoms with van der Waals surface area (Å²) in [7, 11) is 0. The zero-order chi connectivity index (χ0) is 54.2. The van der Waals surface area contributed by atoms with Crippen LogP contribution in [-0.4, -0.2) is 212 Å². The maximum atomic E-state index is 13.2. The highest BCUT2D eigenvalue weighted by Gasteiger charge is 2.45. The number of carbonyl (C=O) groups is 5. The summed E-state index contributed by atoms with van der Waals surface area (Å²) >= 11 is 0. The lowest BCUT2D eigenvalue weighted by atomic mass is 10.0. The van der Waals surface area contributed by atoms with E-state index in [9.17, 15) is 24.0 Å². The monoisotopic (exact) mass is 1080 g/mol. The largest absolute Gasteiger partial charge is 0.379 e. The van der Waals surface area contributed by atoms with Crippen molar-refractivity contribution in [2.45, 2.75) is 116 Å². The quantitative estimate of drug-likeness (QED) is 0.0586. The van der Waals surface area contributed by atoms with Crippen LogP contribution in [0.25, 0.3) is 0 Å². The summed E-state index contributed by atoms with van der Waals surface area (Å²) in [5.74, 6) is -2.72. The lowest BCUT2D eigenvalue weighted by Gasteiger charge is -2.27.